The summed E-state index contributed by atoms with van der Waals surface area (Å²) in [5.41, 5.74) is -0.0667. The van der Waals surface area contributed by atoms with Crippen molar-refractivity contribution in [3.05, 3.63) is 35.4 Å². The molecular weight excluding hydrogens is 295 g/mol. The maximum Gasteiger partial charge on any atom is 0.416 e. The van der Waals surface area contributed by atoms with Gasteiger partial charge in [-0.05, 0) is 37.1 Å². The van der Waals surface area contributed by atoms with Crippen LogP contribution in [-0.2, 0) is 12.7 Å². The highest BCUT2D eigenvalue weighted by Crippen LogP contribution is 2.28. The molecule has 1 aliphatic rings. The molecule has 1 aromatic carbocycles. The van der Waals surface area contributed by atoms with Gasteiger partial charge in [0.15, 0.2) is 0 Å². The second-order valence-electron chi connectivity index (χ2n) is 5.41. The van der Waals surface area contributed by atoms with Gasteiger partial charge in [-0.25, -0.2) is 4.79 Å². The Balaban J connectivity index is 1.71. The Bertz CT molecular complexity index is 482. The van der Waals surface area contributed by atoms with Crippen LogP contribution in [-0.4, -0.2) is 25.2 Å². The molecule has 0 bridgehead atoms. The monoisotopic (exact) mass is 315 g/mol. The number of hydrogen-bond acceptors (Lipinski definition) is 2. The third-order valence-corrected chi connectivity index (χ3v) is 3.66. The van der Waals surface area contributed by atoms with Gasteiger partial charge in [0.25, 0.3) is 0 Å². The molecule has 2 rings (SSSR count). The summed E-state index contributed by atoms with van der Waals surface area (Å²) in [6.45, 7) is 1.72. The molecule has 0 aliphatic carbocycles. The molecule has 0 spiro atoms. The third kappa shape index (κ3) is 5.22. The summed E-state index contributed by atoms with van der Waals surface area (Å²) in [7, 11) is 0. The lowest BCUT2D eigenvalue weighted by Crippen LogP contribution is -2.46. The van der Waals surface area contributed by atoms with Crippen LogP contribution in [0.1, 0.15) is 30.4 Å². The second-order valence-corrected chi connectivity index (χ2v) is 5.41. The van der Waals surface area contributed by atoms with E-state index in [9.17, 15) is 18.0 Å². The van der Waals surface area contributed by atoms with Crippen LogP contribution in [0.2, 0.25) is 0 Å². The number of halogens is 3. The number of rotatable bonds is 4. The van der Waals surface area contributed by atoms with E-state index >= 15 is 0 Å². The number of carbonyl (C=O) groups excluding carboxylic acids is 1. The Morgan fingerprint density at radius 1 is 1.18 bits per heavy atom. The number of urea groups is 1. The van der Waals surface area contributed by atoms with Crippen LogP contribution in [0.25, 0.3) is 0 Å². The molecular formula is C15H20F3N3O. The van der Waals surface area contributed by atoms with E-state index in [0.29, 0.717) is 18.2 Å². The molecule has 1 aromatic rings. The molecule has 122 valence electrons. The molecule has 1 saturated heterocycles. The fourth-order valence-electron chi connectivity index (χ4n) is 2.37. The van der Waals surface area contributed by atoms with Crippen LogP contribution >= 0.6 is 0 Å². The lowest BCUT2D eigenvalue weighted by Gasteiger charge is -2.23. The molecule has 2 amide bonds. The molecule has 22 heavy (non-hydrogen) atoms. The fourth-order valence-corrected chi connectivity index (χ4v) is 2.37. The fraction of sp³-hybridized carbons (Fsp3) is 0.533. The molecule has 3 N–H and O–H groups in total. The molecule has 1 heterocycles. The van der Waals surface area contributed by atoms with Gasteiger partial charge in [-0.1, -0.05) is 18.6 Å². The molecule has 0 aromatic heterocycles. The van der Waals surface area contributed by atoms with E-state index in [-0.39, 0.29) is 12.6 Å². The van der Waals surface area contributed by atoms with Crippen LogP contribution in [0.4, 0.5) is 18.0 Å². The van der Waals surface area contributed by atoms with Gasteiger partial charge in [-0.2, -0.15) is 13.2 Å². The van der Waals surface area contributed by atoms with Gasteiger partial charge in [-0.3, -0.25) is 0 Å². The van der Waals surface area contributed by atoms with Crippen LogP contribution in [0.5, 0.6) is 0 Å². The molecule has 0 saturated carbocycles. The third-order valence-electron chi connectivity index (χ3n) is 3.66. The minimum absolute atomic E-state index is 0.196. The summed E-state index contributed by atoms with van der Waals surface area (Å²) in [5, 5.41) is 8.72. The van der Waals surface area contributed by atoms with Gasteiger partial charge in [0.2, 0.25) is 0 Å². The highest BCUT2D eigenvalue weighted by atomic mass is 19.4. The molecule has 4 nitrogen and oxygen atoms in total. The maximum atomic E-state index is 12.4. The first-order valence-electron chi connectivity index (χ1n) is 7.36. The van der Waals surface area contributed by atoms with Crippen molar-refractivity contribution in [3.63, 3.8) is 0 Å². The number of alkyl halides is 3. The van der Waals surface area contributed by atoms with Gasteiger partial charge in [0.1, 0.15) is 0 Å². The predicted molar refractivity (Wildman–Crippen MR) is 77.3 cm³/mol. The first kappa shape index (κ1) is 16.6. The molecule has 7 heteroatoms. The second kappa shape index (κ2) is 7.49. The number of amides is 2. The minimum atomic E-state index is -4.34. The number of benzene rings is 1. The number of nitrogens with one attached hydrogen (secondary N) is 3. The van der Waals surface area contributed by atoms with Crippen molar-refractivity contribution in [2.75, 3.05) is 13.1 Å². The lowest BCUT2D eigenvalue weighted by atomic mass is 10.1. The Labute approximate surface area is 127 Å². The lowest BCUT2D eigenvalue weighted by molar-refractivity contribution is -0.137. The van der Waals surface area contributed by atoms with Crippen molar-refractivity contribution in [2.45, 2.75) is 38.0 Å². The van der Waals surface area contributed by atoms with E-state index in [2.05, 4.69) is 16.0 Å². The topological polar surface area (TPSA) is 53.2 Å². The van der Waals surface area contributed by atoms with Crippen LogP contribution in [0.3, 0.4) is 0 Å². The van der Waals surface area contributed by atoms with Crippen molar-refractivity contribution in [3.8, 4) is 0 Å². The molecule has 1 fully saturated rings. The first-order valence-corrected chi connectivity index (χ1v) is 7.36. The van der Waals surface area contributed by atoms with E-state index in [1.54, 1.807) is 0 Å². The van der Waals surface area contributed by atoms with E-state index < -0.39 is 11.7 Å². The van der Waals surface area contributed by atoms with Crippen LogP contribution < -0.4 is 16.0 Å². The van der Waals surface area contributed by atoms with Crippen LogP contribution in [0, 0.1) is 0 Å². The van der Waals surface area contributed by atoms with Gasteiger partial charge in [-0.15, -0.1) is 0 Å². The van der Waals surface area contributed by atoms with Crippen molar-refractivity contribution >= 4 is 6.03 Å². The number of carbonyl (C=O) groups is 1. The van der Waals surface area contributed by atoms with E-state index in [4.69, 9.17) is 0 Å². The SMILES string of the molecule is O=C(NCc1ccc(C(F)(F)F)cc1)NCC1CCCCN1. The highest BCUT2D eigenvalue weighted by Gasteiger charge is 2.29. The molecule has 1 unspecified atom stereocenters. The summed E-state index contributed by atoms with van der Waals surface area (Å²) in [5.74, 6) is 0. The predicted octanol–water partition coefficient (Wildman–Crippen LogP) is 2.65. The largest absolute Gasteiger partial charge is 0.416 e. The first-order chi connectivity index (χ1) is 10.4. The van der Waals surface area contributed by atoms with Gasteiger partial charge in [0.05, 0.1) is 5.56 Å². The van der Waals surface area contributed by atoms with Gasteiger partial charge < -0.3 is 16.0 Å². The average Bonchev–Trinajstić information content (AvgIpc) is 2.51. The van der Waals surface area contributed by atoms with Crippen LogP contribution in [0.15, 0.2) is 24.3 Å². The standard InChI is InChI=1S/C15H20F3N3O/c16-15(17,18)12-6-4-11(5-7-12)9-20-14(22)21-10-13-3-1-2-8-19-13/h4-7,13,19H,1-3,8-10H2,(H2,20,21,22). The maximum absolute atomic E-state index is 12.4. The van der Waals surface area contributed by atoms with Crippen molar-refractivity contribution < 1.29 is 18.0 Å². The average molecular weight is 315 g/mol. The molecule has 1 aliphatic heterocycles. The zero-order valence-corrected chi connectivity index (χ0v) is 12.2. The summed E-state index contributed by atoms with van der Waals surface area (Å²) >= 11 is 0. The van der Waals surface area contributed by atoms with E-state index in [0.717, 1.165) is 37.9 Å². The van der Waals surface area contributed by atoms with Gasteiger partial charge in [0, 0.05) is 19.1 Å². The molecule has 0 radical (unpaired) electrons. The minimum Gasteiger partial charge on any atom is -0.337 e. The zero-order valence-electron chi connectivity index (χ0n) is 12.2. The van der Waals surface area contributed by atoms with E-state index in [1.807, 2.05) is 0 Å². The number of piperidine rings is 1. The Morgan fingerprint density at radius 3 is 2.50 bits per heavy atom. The summed E-state index contributed by atoms with van der Waals surface area (Å²) in [6.07, 6.45) is -0.974. The summed E-state index contributed by atoms with van der Waals surface area (Å²) in [4.78, 5) is 11.7. The Hall–Kier alpha value is -1.76. The van der Waals surface area contributed by atoms with Crippen molar-refractivity contribution in [2.24, 2.45) is 0 Å². The highest BCUT2D eigenvalue weighted by molar-refractivity contribution is 5.73. The smallest absolute Gasteiger partial charge is 0.337 e. The normalized spacial score (nSPS) is 18.8. The molecule has 1 atom stereocenters. The van der Waals surface area contributed by atoms with Crippen molar-refractivity contribution in [1.29, 1.82) is 0 Å². The van der Waals surface area contributed by atoms with E-state index in [1.165, 1.54) is 12.1 Å². The Morgan fingerprint density at radius 2 is 1.91 bits per heavy atom. The zero-order chi connectivity index (χ0) is 16.0. The number of hydrogen-bond donors (Lipinski definition) is 3. The Kier molecular flexibility index (Phi) is 5.65. The summed E-state index contributed by atoms with van der Waals surface area (Å²) in [6, 6.07) is 4.75. The summed E-state index contributed by atoms with van der Waals surface area (Å²) < 4.78 is 37.3. The van der Waals surface area contributed by atoms with Crippen molar-refractivity contribution in [1.82, 2.24) is 16.0 Å². The quantitative estimate of drug-likeness (QED) is 0.800. The van der Waals surface area contributed by atoms with Gasteiger partial charge >= 0.3 is 12.2 Å².